The van der Waals surface area contributed by atoms with Crippen LogP contribution in [-0.4, -0.2) is 86.0 Å². The van der Waals surface area contributed by atoms with Crippen LogP contribution in [-0.2, 0) is 9.53 Å². The average molecular weight is 309 g/mol. The average Bonchev–Trinajstić information content (AvgIpc) is 2.38. The Morgan fingerprint density at radius 3 is 2.33 bits per heavy atom. The molecule has 0 saturated carbocycles. The molecule has 0 bridgehead atoms. The lowest BCUT2D eigenvalue weighted by Gasteiger charge is -2.40. The van der Waals surface area contributed by atoms with Crippen molar-refractivity contribution < 1.29 is 40.2 Å². The zero-order valence-corrected chi connectivity index (χ0v) is 11.7. The van der Waals surface area contributed by atoms with Crippen molar-refractivity contribution in [2.24, 2.45) is 0 Å². The van der Waals surface area contributed by atoms with Crippen LogP contribution in [0.2, 0.25) is 0 Å². The van der Waals surface area contributed by atoms with Crippen LogP contribution in [0.1, 0.15) is 19.8 Å². The molecule has 7 N–H and O–H groups in total. The largest absolute Gasteiger partial charge is 0.396 e. The van der Waals surface area contributed by atoms with Crippen molar-refractivity contribution >= 4 is 5.91 Å². The molecule has 1 aliphatic heterocycles. The summed E-state index contributed by atoms with van der Waals surface area (Å²) in [6.07, 6.45) is -7.45. The molecule has 21 heavy (non-hydrogen) atoms. The number of hydrogen-bond donors (Lipinski definition) is 7. The van der Waals surface area contributed by atoms with E-state index >= 15 is 0 Å². The molecule has 0 aromatic heterocycles. The highest BCUT2D eigenvalue weighted by Crippen LogP contribution is 2.20. The fourth-order valence-corrected chi connectivity index (χ4v) is 2.11. The van der Waals surface area contributed by atoms with Gasteiger partial charge in [-0.3, -0.25) is 4.79 Å². The second-order valence-electron chi connectivity index (χ2n) is 5.46. The van der Waals surface area contributed by atoms with Gasteiger partial charge in [-0.05, 0) is 13.3 Å². The molecule has 0 aromatic carbocycles. The van der Waals surface area contributed by atoms with Crippen LogP contribution in [0, 0.1) is 0 Å². The standard InChI is InChI=1S/C12H23NO8/c1-12(20,2-3-14)4-7(16)13-11-10(19)9(18)8(17)6(5-15)21-11/h6,8-11,14-15,17-20H,2-5H2,1H3,(H,13,16)/t6-,8+,9+,10-,11?,12-/m1/s1. The van der Waals surface area contributed by atoms with Gasteiger partial charge in [0.2, 0.25) is 5.91 Å². The number of aliphatic hydroxyl groups excluding tert-OH is 5. The van der Waals surface area contributed by atoms with Crippen LogP contribution in [0.25, 0.3) is 0 Å². The summed E-state index contributed by atoms with van der Waals surface area (Å²) in [5.41, 5.74) is -1.42. The van der Waals surface area contributed by atoms with E-state index in [4.69, 9.17) is 14.9 Å². The Bertz CT molecular complexity index is 348. The first-order chi connectivity index (χ1) is 9.71. The Morgan fingerprint density at radius 1 is 1.19 bits per heavy atom. The molecule has 1 rings (SSSR count). The van der Waals surface area contributed by atoms with Gasteiger partial charge in [-0.1, -0.05) is 0 Å². The fourth-order valence-electron chi connectivity index (χ4n) is 2.11. The molecule has 0 spiro atoms. The molecule has 9 nitrogen and oxygen atoms in total. The van der Waals surface area contributed by atoms with E-state index in [1.807, 2.05) is 0 Å². The Labute approximate surface area is 121 Å². The lowest BCUT2D eigenvalue weighted by atomic mass is 9.96. The Kier molecular flexibility index (Phi) is 6.47. The highest BCUT2D eigenvalue weighted by atomic mass is 16.6. The summed E-state index contributed by atoms with van der Waals surface area (Å²) in [5.74, 6) is -0.669. The predicted molar refractivity (Wildman–Crippen MR) is 68.9 cm³/mol. The summed E-state index contributed by atoms with van der Waals surface area (Å²) in [6.45, 7) is 0.482. The summed E-state index contributed by atoms with van der Waals surface area (Å²) in [5, 5.41) is 58.8. The van der Waals surface area contributed by atoms with E-state index in [9.17, 15) is 25.2 Å². The third-order valence-corrected chi connectivity index (χ3v) is 3.39. The minimum atomic E-state index is -1.58. The van der Waals surface area contributed by atoms with Gasteiger partial charge in [0.1, 0.15) is 24.4 Å². The SMILES string of the molecule is C[C@@](O)(CCO)CC(=O)NC1O[C@H](CO)[C@H](O)[C@H](O)[C@H]1O. The zero-order chi connectivity index (χ0) is 16.2. The van der Waals surface area contributed by atoms with E-state index in [1.165, 1.54) is 6.92 Å². The number of aliphatic hydroxyl groups is 6. The van der Waals surface area contributed by atoms with Gasteiger partial charge in [0.25, 0.3) is 0 Å². The Balaban J connectivity index is 2.62. The monoisotopic (exact) mass is 309 g/mol. The van der Waals surface area contributed by atoms with E-state index in [1.54, 1.807) is 0 Å². The number of carbonyl (C=O) groups excluding carboxylic acids is 1. The van der Waals surface area contributed by atoms with Gasteiger partial charge in [0, 0.05) is 6.61 Å². The number of ether oxygens (including phenoxy) is 1. The Hall–Kier alpha value is -0.810. The molecule has 1 amide bonds. The van der Waals surface area contributed by atoms with Crippen molar-refractivity contribution in [3.63, 3.8) is 0 Å². The molecule has 0 radical (unpaired) electrons. The molecule has 124 valence electrons. The van der Waals surface area contributed by atoms with Gasteiger partial charge in [0.15, 0.2) is 6.23 Å². The second-order valence-corrected chi connectivity index (χ2v) is 5.46. The van der Waals surface area contributed by atoms with Crippen molar-refractivity contribution in [3.05, 3.63) is 0 Å². The van der Waals surface area contributed by atoms with Crippen LogP contribution in [0.4, 0.5) is 0 Å². The van der Waals surface area contributed by atoms with Crippen LogP contribution in [0.3, 0.4) is 0 Å². The minimum absolute atomic E-state index is 0.00486. The van der Waals surface area contributed by atoms with Crippen LogP contribution < -0.4 is 5.32 Å². The summed E-state index contributed by atoms with van der Waals surface area (Å²) < 4.78 is 5.10. The molecule has 1 heterocycles. The van der Waals surface area contributed by atoms with Crippen LogP contribution in [0.15, 0.2) is 0 Å². The van der Waals surface area contributed by atoms with Crippen LogP contribution in [0.5, 0.6) is 0 Å². The van der Waals surface area contributed by atoms with Gasteiger partial charge < -0.3 is 40.7 Å². The smallest absolute Gasteiger partial charge is 0.224 e. The normalized spacial score (nSPS) is 36.0. The van der Waals surface area contributed by atoms with Gasteiger partial charge in [-0.25, -0.2) is 0 Å². The molecular weight excluding hydrogens is 286 g/mol. The maximum atomic E-state index is 11.8. The first-order valence-electron chi connectivity index (χ1n) is 6.65. The first-order valence-corrected chi connectivity index (χ1v) is 6.65. The molecule has 1 saturated heterocycles. The second kappa shape index (κ2) is 7.45. The number of rotatable bonds is 6. The topological polar surface area (TPSA) is 160 Å². The van der Waals surface area contributed by atoms with Crippen molar-refractivity contribution in [3.8, 4) is 0 Å². The number of amides is 1. The quantitative estimate of drug-likeness (QED) is 0.265. The maximum Gasteiger partial charge on any atom is 0.224 e. The fraction of sp³-hybridized carbons (Fsp3) is 0.917. The first kappa shape index (κ1) is 18.2. The molecule has 1 aliphatic rings. The molecule has 9 heteroatoms. The highest BCUT2D eigenvalue weighted by Gasteiger charge is 2.44. The van der Waals surface area contributed by atoms with Gasteiger partial charge in [0.05, 0.1) is 18.6 Å². The summed E-state index contributed by atoms with van der Waals surface area (Å²) in [4.78, 5) is 11.8. The third kappa shape index (κ3) is 4.85. The molecule has 1 fully saturated rings. The summed E-state index contributed by atoms with van der Waals surface area (Å²) >= 11 is 0. The van der Waals surface area contributed by atoms with E-state index in [0.717, 1.165) is 0 Å². The lowest BCUT2D eigenvalue weighted by molar-refractivity contribution is -0.236. The molecule has 0 aliphatic carbocycles. The maximum absolute atomic E-state index is 11.8. The van der Waals surface area contributed by atoms with E-state index < -0.39 is 48.8 Å². The van der Waals surface area contributed by atoms with E-state index in [0.29, 0.717) is 0 Å². The zero-order valence-electron chi connectivity index (χ0n) is 11.7. The Morgan fingerprint density at radius 2 is 1.81 bits per heavy atom. The highest BCUT2D eigenvalue weighted by molar-refractivity contribution is 5.77. The molecule has 6 atom stereocenters. The number of carbonyl (C=O) groups is 1. The summed E-state index contributed by atoms with van der Waals surface area (Å²) in [6, 6.07) is 0. The summed E-state index contributed by atoms with van der Waals surface area (Å²) in [7, 11) is 0. The van der Waals surface area contributed by atoms with Gasteiger partial charge >= 0.3 is 0 Å². The molecule has 0 aromatic rings. The van der Waals surface area contributed by atoms with Crippen molar-refractivity contribution in [1.29, 1.82) is 0 Å². The number of nitrogens with one attached hydrogen (secondary N) is 1. The van der Waals surface area contributed by atoms with Gasteiger partial charge in [-0.2, -0.15) is 0 Å². The van der Waals surface area contributed by atoms with Crippen molar-refractivity contribution in [2.75, 3.05) is 13.2 Å². The lowest BCUT2D eigenvalue weighted by Crippen LogP contribution is -2.63. The third-order valence-electron chi connectivity index (χ3n) is 3.39. The molecule has 1 unspecified atom stereocenters. The van der Waals surface area contributed by atoms with Crippen molar-refractivity contribution in [1.82, 2.24) is 5.32 Å². The number of hydrogen-bond acceptors (Lipinski definition) is 8. The van der Waals surface area contributed by atoms with E-state index in [-0.39, 0.29) is 19.4 Å². The minimum Gasteiger partial charge on any atom is -0.396 e. The molecular formula is C12H23NO8. The van der Waals surface area contributed by atoms with Crippen molar-refractivity contribution in [2.45, 2.75) is 56.0 Å². The predicted octanol–water partition coefficient (Wildman–Crippen LogP) is -3.57. The van der Waals surface area contributed by atoms with Crippen LogP contribution >= 0.6 is 0 Å². The van der Waals surface area contributed by atoms with E-state index in [2.05, 4.69) is 5.32 Å². The van der Waals surface area contributed by atoms with Gasteiger partial charge in [-0.15, -0.1) is 0 Å².